The fourth-order valence-corrected chi connectivity index (χ4v) is 1.53. The van der Waals surface area contributed by atoms with Crippen LogP contribution in [0.5, 0.6) is 0 Å². The lowest BCUT2D eigenvalue weighted by Gasteiger charge is -2.04. The highest BCUT2D eigenvalue weighted by atomic mass is 35.5. The van der Waals surface area contributed by atoms with E-state index in [1.807, 2.05) is 6.07 Å². The first-order valence-electron chi connectivity index (χ1n) is 5.57. The molecule has 0 fully saturated rings. The molecule has 0 saturated carbocycles. The van der Waals surface area contributed by atoms with E-state index in [1.165, 1.54) is 13.0 Å². The molecule has 1 aromatic carbocycles. The molecule has 0 spiro atoms. The molecule has 0 aliphatic carbocycles. The number of carbonyl (C=O) groups excluding carboxylic acids is 2. The average Bonchev–Trinajstić information content (AvgIpc) is 2.36. The standard InChI is InChI=1S/C14H12ClNO3/c1-10(17)13(14(18)19-7-3-6-16)9-11-4-2-5-12(15)8-11/h2,4-5,8-9H,3,7H2,1H3. The van der Waals surface area contributed by atoms with E-state index in [0.717, 1.165) is 0 Å². The van der Waals surface area contributed by atoms with Crippen LogP contribution in [0.3, 0.4) is 0 Å². The Labute approximate surface area is 116 Å². The molecule has 0 bridgehead atoms. The zero-order valence-electron chi connectivity index (χ0n) is 10.4. The van der Waals surface area contributed by atoms with Gasteiger partial charge in [0.2, 0.25) is 0 Å². The molecule has 0 radical (unpaired) electrons. The van der Waals surface area contributed by atoms with Gasteiger partial charge in [-0.25, -0.2) is 4.79 Å². The Balaban J connectivity index is 2.92. The van der Waals surface area contributed by atoms with E-state index < -0.39 is 11.8 Å². The number of ether oxygens (including phenoxy) is 1. The van der Waals surface area contributed by atoms with Crippen molar-refractivity contribution in [3.05, 3.63) is 40.4 Å². The van der Waals surface area contributed by atoms with E-state index in [4.69, 9.17) is 21.6 Å². The van der Waals surface area contributed by atoms with Gasteiger partial charge in [-0.3, -0.25) is 4.79 Å². The molecule has 5 heteroatoms. The second kappa shape index (κ2) is 7.34. The van der Waals surface area contributed by atoms with E-state index in [2.05, 4.69) is 0 Å². The first-order chi connectivity index (χ1) is 9.04. The molecule has 98 valence electrons. The number of nitrogens with zero attached hydrogens (tertiary/aromatic N) is 1. The Morgan fingerprint density at radius 2 is 2.21 bits per heavy atom. The first-order valence-corrected chi connectivity index (χ1v) is 5.94. The van der Waals surface area contributed by atoms with Gasteiger partial charge in [-0.15, -0.1) is 0 Å². The van der Waals surface area contributed by atoms with Crippen LogP contribution in [0.1, 0.15) is 18.9 Å². The predicted molar refractivity (Wildman–Crippen MR) is 71.3 cm³/mol. The van der Waals surface area contributed by atoms with Crippen molar-refractivity contribution in [1.29, 1.82) is 5.26 Å². The van der Waals surface area contributed by atoms with Gasteiger partial charge in [0.05, 0.1) is 12.5 Å². The minimum atomic E-state index is -0.734. The van der Waals surface area contributed by atoms with Crippen LogP contribution in [0.25, 0.3) is 6.08 Å². The van der Waals surface area contributed by atoms with Gasteiger partial charge in [-0.2, -0.15) is 5.26 Å². The SMILES string of the molecule is CC(=O)C(=Cc1cccc(Cl)c1)C(=O)OCCC#N. The number of Topliss-reactive ketones (excluding diaryl/α,β-unsaturated/α-hetero) is 1. The molecule has 0 atom stereocenters. The first kappa shape index (κ1) is 14.9. The van der Waals surface area contributed by atoms with Gasteiger partial charge in [-0.05, 0) is 30.7 Å². The number of benzene rings is 1. The molecule has 0 amide bonds. The van der Waals surface area contributed by atoms with Crippen molar-refractivity contribution in [3.8, 4) is 6.07 Å². The smallest absolute Gasteiger partial charge is 0.341 e. The summed E-state index contributed by atoms with van der Waals surface area (Å²) in [7, 11) is 0. The Hall–Kier alpha value is -2.12. The van der Waals surface area contributed by atoms with Crippen LogP contribution in [-0.2, 0) is 14.3 Å². The molecule has 0 aliphatic heterocycles. The normalized spacial score (nSPS) is 10.7. The van der Waals surface area contributed by atoms with Crippen LogP contribution < -0.4 is 0 Å². The second-order valence-corrected chi connectivity index (χ2v) is 4.15. The zero-order chi connectivity index (χ0) is 14.3. The van der Waals surface area contributed by atoms with E-state index in [1.54, 1.807) is 24.3 Å². The van der Waals surface area contributed by atoms with Crippen molar-refractivity contribution < 1.29 is 14.3 Å². The maximum Gasteiger partial charge on any atom is 0.341 e. The van der Waals surface area contributed by atoms with Crippen LogP contribution in [-0.4, -0.2) is 18.4 Å². The summed E-state index contributed by atoms with van der Waals surface area (Å²) in [5.41, 5.74) is 0.565. The summed E-state index contributed by atoms with van der Waals surface area (Å²) >= 11 is 5.82. The molecule has 19 heavy (non-hydrogen) atoms. The maximum absolute atomic E-state index is 11.7. The summed E-state index contributed by atoms with van der Waals surface area (Å²) in [4.78, 5) is 23.1. The highest BCUT2D eigenvalue weighted by molar-refractivity contribution is 6.30. The van der Waals surface area contributed by atoms with Gasteiger partial charge in [0.1, 0.15) is 12.2 Å². The summed E-state index contributed by atoms with van der Waals surface area (Å²) in [6.07, 6.45) is 1.51. The molecule has 0 N–H and O–H groups in total. The van der Waals surface area contributed by atoms with Crippen LogP contribution >= 0.6 is 11.6 Å². The number of rotatable bonds is 5. The molecule has 1 rings (SSSR count). The highest BCUT2D eigenvalue weighted by Gasteiger charge is 2.15. The van der Waals surface area contributed by atoms with Crippen LogP contribution in [0.15, 0.2) is 29.8 Å². The highest BCUT2D eigenvalue weighted by Crippen LogP contribution is 2.15. The van der Waals surface area contributed by atoms with Gasteiger partial charge < -0.3 is 4.74 Å². The zero-order valence-corrected chi connectivity index (χ0v) is 11.1. The summed E-state index contributed by atoms with van der Waals surface area (Å²) in [6.45, 7) is 1.25. The van der Waals surface area contributed by atoms with Gasteiger partial charge in [-0.1, -0.05) is 23.7 Å². The average molecular weight is 278 g/mol. The third-order valence-electron chi connectivity index (χ3n) is 2.21. The Morgan fingerprint density at radius 1 is 1.47 bits per heavy atom. The minimum absolute atomic E-state index is 0.0322. The lowest BCUT2D eigenvalue weighted by Crippen LogP contribution is -2.14. The fraction of sp³-hybridized carbons (Fsp3) is 0.214. The second-order valence-electron chi connectivity index (χ2n) is 3.71. The van der Waals surface area contributed by atoms with E-state index in [-0.39, 0.29) is 18.6 Å². The van der Waals surface area contributed by atoms with Crippen LogP contribution in [0, 0.1) is 11.3 Å². The molecule has 1 aromatic rings. The third-order valence-corrected chi connectivity index (χ3v) is 2.44. The van der Waals surface area contributed by atoms with Crippen LogP contribution in [0.2, 0.25) is 5.02 Å². The van der Waals surface area contributed by atoms with Gasteiger partial charge >= 0.3 is 5.97 Å². The molecular formula is C14H12ClNO3. The predicted octanol–water partition coefficient (Wildman–Crippen LogP) is 2.77. The van der Waals surface area contributed by atoms with Crippen molar-refractivity contribution in [2.75, 3.05) is 6.61 Å². The summed E-state index contributed by atoms with van der Waals surface area (Å²) in [5.74, 6) is -1.13. The van der Waals surface area contributed by atoms with Gasteiger partial charge in [0, 0.05) is 5.02 Å². The Morgan fingerprint density at radius 3 is 2.79 bits per heavy atom. The fourth-order valence-electron chi connectivity index (χ4n) is 1.33. The van der Waals surface area contributed by atoms with Crippen molar-refractivity contribution in [2.45, 2.75) is 13.3 Å². The Kier molecular flexibility index (Phi) is 5.77. The third kappa shape index (κ3) is 4.94. The van der Waals surface area contributed by atoms with Crippen molar-refractivity contribution in [2.24, 2.45) is 0 Å². The number of hydrogen-bond donors (Lipinski definition) is 0. The number of ketones is 1. The van der Waals surface area contributed by atoms with E-state index in [0.29, 0.717) is 10.6 Å². The topological polar surface area (TPSA) is 67.2 Å². The van der Waals surface area contributed by atoms with Gasteiger partial charge in [0.15, 0.2) is 5.78 Å². The molecule has 0 saturated heterocycles. The lowest BCUT2D eigenvalue weighted by molar-refractivity contribution is -0.140. The Bertz CT molecular complexity index is 558. The molecule has 4 nitrogen and oxygen atoms in total. The van der Waals surface area contributed by atoms with Crippen molar-refractivity contribution >= 4 is 29.4 Å². The molecule has 0 aromatic heterocycles. The quantitative estimate of drug-likeness (QED) is 0.273. The number of esters is 1. The number of nitriles is 1. The summed E-state index contributed by atoms with van der Waals surface area (Å²) in [5, 5.41) is 8.86. The van der Waals surface area contributed by atoms with Gasteiger partial charge in [0.25, 0.3) is 0 Å². The molecule has 0 heterocycles. The van der Waals surface area contributed by atoms with Crippen molar-refractivity contribution in [3.63, 3.8) is 0 Å². The monoisotopic (exact) mass is 277 g/mol. The summed E-state index contributed by atoms with van der Waals surface area (Å²) in [6, 6.07) is 8.61. The molecular weight excluding hydrogens is 266 g/mol. The minimum Gasteiger partial charge on any atom is -0.461 e. The van der Waals surface area contributed by atoms with Crippen LogP contribution in [0.4, 0.5) is 0 Å². The van der Waals surface area contributed by atoms with E-state index in [9.17, 15) is 9.59 Å². The maximum atomic E-state index is 11.7. The molecule has 0 aliphatic rings. The largest absolute Gasteiger partial charge is 0.461 e. The number of halogens is 1. The number of hydrogen-bond acceptors (Lipinski definition) is 4. The number of carbonyl (C=O) groups is 2. The van der Waals surface area contributed by atoms with Crippen molar-refractivity contribution in [1.82, 2.24) is 0 Å². The molecule has 0 unspecified atom stereocenters. The van der Waals surface area contributed by atoms with E-state index >= 15 is 0 Å². The lowest BCUT2D eigenvalue weighted by atomic mass is 10.1. The summed E-state index contributed by atoms with van der Waals surface area (Å²) < 4.78 is 4.82.